The van der Waals surface area contributed by atoms with Crippen LogP contribution in [-0.2, 0) is 11.2 Å². The summed E-state index contributed by atoms with van der Waals surface area (Å²) in [5, 5.41) is 2.88. The van der Waals surface area contributed by atoms with Crippen LogP contribution in [0.3, 0.4) is 0 Å². The van der Waals surface area contributed by atoms with Gasteiger partial charge in [0.15, 0.2) is 6.61 Å². The van der Waals surface area contributed by atoms with Crippen molar-refractivity contribution in [2.75, 3.05) is 26.9 Å². The molecule has 0 bridgehead atoms. The molecule has 0 fully saturated rings. The van der Waals surface area contributed by atoms with E-state index in [0.717, 1.165) is 37.4 Å². The zero-order valence-electron chi connectivity index (χ0n) is 15.5. The third-order valence-electron chi connectivity index (χ3n) is 3.81. The van der Waals surface area contributed by atoms with Gasteiger partial charge in [0.2, 0.25) is 0 Å². The molecule has 2 aromatic rings. The number of nitrogens with one attached hydrogen (secondary N) is 1. The third-order valence-corrected chi connectivity index (χ3v) is 3.81. The number of methoxy groups -OCH3 is 1. The molecule has 1 amide bonds. The Balaban J connectivity index is 1.67. The number of para-hydroxylation sites is 1. The Kier molecular flexibility index (Phi) is 8.33. The maximum absolute atomic E-state index is 11.9. The summed E-state index contributed by atoms with van der Waals surface area (Å²) in [7, 11) is 1.61. The second-order valence-electron chi connectivity index (χ2n) is 5.87. The highest BCUT2D eigenvalue weighted by Gasteiger charge is 2.05. The van der Waals surface area contributed by atoms with Gasteiger partial charge < -0.3 is 19.5 Å². The standard InChI is InChI=1S/C21H27NO4/c1-3-15-25-20-9-5-4-7-17(20)8-6-14-22-21(23)16-26-19-12-10-18(24-2)11-13-19/h4-5,7,9-13H,3,6,8,14-16H2,1-2H3,(H,22,23). The van der Waals surface area contributed by atoms with Crippen LogP contribution in [0.2, 0.25) is 0 Å². The summed E-state index contributed by atoms with van der Waals surface area (Å²) in [6.07, 6.45) is 2.69. The molecule has 1 N–H and O–H groups in total. The van der Waals surface area contributed by atoms with Gasteiger partial charge in [-0.05, 0) is 55.2 Å². The first-order valence-electron chi connectivity index (χ1n) is 8.97. The van der Waals surface area contributed by atoms with Gasteiger partial charge in [-0.3, -0.25) is 4.79 Å². The first kappa shape index (κ1) is 19.6. The number of carbonyl (C=O) groups is 1. The molecule has 2 rings (SSSR count). The fraction of sp³-hybridized carbons (Fsp3) is 0.381. The number of rotatable bonds is 11. The van der Waals surface area contributed by atoms with Gasteiger partial charge in [0.25, 0.3) is 5.91 Å². The van der Waals surface area contributed by atoms with E-state index < -0.39 is 0 Å². The SMILES string of the molecule is CCCOc1ccccc1CCCNC(=O)COc1ccc(OC)cc1. The Morgan fingerprint density at radius 2 is 1.73 bits per heavy atom. The first-order valence-corrected chi connectivity index (χ1v) is 8.97. The minimum Gasteiger partial charge on any atom is -0.497 e. The normalized spacial score (nSPS) is 10.2. The summed E-state index contributed by atoms with van der Waals surface area (Å²) in [5.41, 5.74) is 1.17. The largest absolute Gasteiger partial charge is 0.497 e. The van der Waals surface area contributed by atoms with Crippen molar-refractivity contribution in [2.45, 2.75) is 26.2 Å². The number of aryl methyl sites for hydroxylation is 1. The lowest BCUT2D eigenvalue weighted by molar-refractivity contribution is -0.123. The number of carbonyl (C=O) groups excluding carboxylic acids is 1. The van der Waals surface area contributed by atoms with Crippen LogP contribution in [0.4, 0.5) is 0 Å². The molecule has 0 aliphatic heterocycles. The molecule has 0 saturated carbocycles. The maximum Gasteiger partial charge on any atom is 0.257 e. The van der Waals surface area contributed by atoms with Gasteiger partial charge in [-0.25, -0.2) is 0 Å². The van der Waals surface area contributed by atoms with Crippen LogP contribution in [-0.4, -0.2) is 32.8 Å². The summed E-state index contributed by atoms with van der Waals surface area (Å²) in [5.74, 6) is 2.20. The van der Waals surface area contributed by atoms with Crippen molar-refractivity contribution in [3.8, 4) is 17.2 Å². The van der Waals surface area contributed by atoms with Crippen molar-refractivity contribution in [2.24, 2.45) is 0 Å². The lowest BCUT2D eigenvalue weighted by atomic mass is 10.1. The van der Waals surface area contributed by atoms with Crippen molar-refractivity contribution in [3.63, 3.8) is 0 Å². The number of hydrogen-bond donors (Lipinski definition) is 1. The van der Waals surface area contributed by atoms with Crippen LogP contribution in [0.1, 0.15) is 25.3 Å². The summed E-state index contributed by atoms with van der Waals surface area (Å²) in [4.78, 5) is 11.9. The molecule has 0 atom stereocenters. The highest BCUT2D eigenvalue weighted by Crippen LogP contribution is 2.19. The Morgan fingerprint density at radius 3 is 2.46 bits per heavy atom. The molecular weight excluding hydrogens is 330 g/mol. The van der Waals surface area contributed by atoms with Crippen molar-refractivity contribution < 1.29 is 19.0 Å². The van der Waals surface area contributed by atoms with Crippen molar-refractivity contribution >= 4 is 5.91 Å². The molecule has 26 heavy (non-hydrogen) atoms. The predicted octanol–water partition coefficient (Wildman–Crippen LogP) is 3.61. The van der Waals surface area contributed by atoms with Crippen LogP contribution in [0.5, 0.6) is 17.2 Å². The number of benzene rings is 2. The average molecular weight is 357 g/mol. The smallest absolute Gasteiger partial charge is 0.257 e. The minimum absolute atomic E-state index is 0.00251. The van der Waals surface area contributed by atoms with Crippen LogP contribution >= 0.6 is 0 Å². The molecule has 0 heterocycles. The summed E-state index contributed by atoms with van der Waals surface area (Å²) < 4.78 is 16.3. The monoisotopic (exact) mass is 357 g/mol. The van der Waals surface area contributed by atoms with Crippen LogP contribution in [0, 0.1) is 0 Å². The second-order valence-corrected chi connectivity index (χ2v) is 5.87. The molecule has 0 saturated heterocycles. The Morgan fingerprint density at radius 1 is 1.00 bits per heavy atom. The van der Waals surface area contributed by atoms with Crippen LogP contribution in [0.25, 0.3) is 0 Å². The first-order chi connectivity index (χ1) is 12.7. The number of amides is 1. The topological polar surface area (TPSA) is 56.8 Å². The second kappa shape index (κ2) is 11.0. The van der Waals surface area contributed by atoms with E-state index in [4.69, 9.17) is 14.2 Å². The summed E-state index contributed by atoms with van der Waals surface area (Å²) >= 11 is 0. The zero-order valence-corrected chi connectivity index (χ0v) is 15.5. The Bertz CT molecular complexity index is 670. The van der Waals surface area contributed by atoms with Crippen molar-refractivity contribution in [3.05, 3.63) is 54.1 Å². The molecule has 5 nitrogen and oxygen atoms in total. The highest BCUT2D eigenvalue weighted by atomic mass is 16.5. The van der Waals surface area contributed by atoms with Gasteiger partial charge in [-0.2, -0.15) is 0 Å². The van der Waals surface area contributed by atoms with E-state index in [2.05, 4.69) is 18.3 Å². The van der Waals surface area contributed by atoms with Gasteiger partial charge >= 0.3 is 0 Å². The summed E-state index contributed by atoms with van der Waals surface area (Å²) in [6, 6.07) is 15.2. The van der Waals surface area contributed by atoms with E-state index in [1.165, 1.54) is 5.56 Å². The molecule has 0 aromatic heterocycles. The van der Waals surface area contributed by atoms with E-state index in [9.17, 15) is 4.79 Å². The predicted molar refractivity (Wildman–Crippen MR) is 102 cm³/mol. The van der Waals surface area contributed by atoms with E-state index in [1.807, 2.05) is 18.2 Å². The lowest BCUT2D eigenvalue weighted by Gasteiger charge is -2.11. The van der Waals surface area contributed by atoms with E-state index >= 15 is 0 Å². The van der Waals surface area contributed by atoms with Gasteiger partial charge in [0, 0.05) is 6.54 Å². The zero-order chi connectivity index (χ0) is 18.6. The average Bonchev–Trinajstić information content (AvgIpc) is 2.69. The van der Waals surface area contributed by atoms with E-state index in [0.29, 0.717) is 12.3 Å². The molecule has 0 unspecified atom stereocenters. The van der Waals surface area contributed by atoms with Crippen LogP contribution < -0.4 is 19.5 Å². The molecule has 0 radical (unpaired) electrons. The van der Waals surface area contributed by atoms with Crippen LogP contribution in [0.15, 0.2) is 48.5 Å². The van der Waals surface area contributed by atoms with Gasteiger partial charge in [-0.1, -0.05) is 25.1 Å². The highest BCUT2D eigenvalue weighted by molar-refractivity contribution is 5.77. The number of hydrogen-bond acceptors (Lipinski definition) is 4. The van der Waals surface area contributed by atoms with E-state index in [1.54, 1.807) is 31.4 Å². The molecule has 140 valence electrons. The lowest BCUT2D eigenvalue weighted by Crippen LogP contribution is -2.29. The molecule has 2 aromatic carbocycles. The molecule has 5 heteroatoms. The fourth-order valence-electron chi connectivity index (χ4n) is 2.44. The molecule has 0 spiro atoms. The fourth-order valence-corrected chi connectivity index (χ4v) is 2.44. The van der Waals surface area contributed by atoms with Gasteiger partial charge in [0.05, 0.1) is 13.7 Å². The van der Waals surface area contributed by atoms with Gasteiger partial charge in [-0.15, -0.1) is 0 Å². The van der Waals surface area contributed by atoms with Crippen molar-refractivity contribution in [1.29, 1.82) is 0 Å². The third kappa shape index (κ3) is 6.67. The van der Waals surface area contributed by atoms with Gasteiger partial charge in [0.1, 0.15) is 17.2 Å². The maximum atomic E-state index is 11.9. The summed E-state index contributed by atoms with van der Waals surface area (Å²) in [6.45, 7) is 3.41. The molecular formula is C21H27NO4. The quantitative estimate of drug-likeness (QED) is 0.624. The molecule has 0 aliphatic carbocycles. The number of ether oxygens (including phenoxy) is 3. The minimum atomic E-state index is -0.128. The molecule has 0 aliphatic rings. The van der Waals surface area contributed by atoms with E-state index in [-0.39, 0.29) is 12.5 Å². The Hall–Kier alpha value is -2.69. The Labute approximate surface area is 155 Å². The van der Waals surface area contributed by atoms with Crippen molar-refractivity contribution in [1.82, 2.24) is 5.32 Å².